The van der Waals surface area contributed by atoms with Crippen LogP contribution in [0.3, 0.4) is 0 Å². The first kappa shape index (κ1) is 46.3. The summed E-state index contributed by atoms with van der Waals surface area (Å²) >= 11 is 0. The van der Waals surface area contributed by atoms with Crippen LogP contribution in [0.5, 0.6) is 0 Å². The number of carbonyl (C=O) groups is 3. The molecule has 324 valence electrons. The summed E-state index contributed by atoms with van der Waals surface area (Å²) in [6.07, 6.45) is -35.2. The van der Waals surface area contributed by atoms with Crippen LogP contribution in [0.2, 0.25) is 0 Å². The molecule has 4 aliphatic rings. The van der Waals surface area contributed by atoms with Gasteiger partial charge in [-0.05, 0) is 6.92 Å². The first-order chi connectivity index (χ1) is 26.2. The average Bonchev–Trinajstić information content (AvgIpc) is 3.14. The minimum absolute atomic E-state index is 0.785. The minimum Gasteiger partial charge on any atom is -0.477 e. The summed E-state index contributed by atoms with van der Waals surface area (Å²) < 4.78 is 39.7. The zero-order valence-corrected chi connectivity index (χ0v) is 30.3. The number of rotatable bonds is 14. The smallest absolute Gasteiger partial charge is 0.364 e. The molecule has 0 aliphatic carbocycles. The van der Waals surface area contributed by atoms with E-state index < -0.39 is 172 Å². The molecule has 0 aromatic carbocycles. The van der Waals surface area contributed by atoms with Crippen LogP contribution in [0.1, 0.15) is 27.2 Å². The third kappa shape index (κ3) is 9.74. The maximum absolute atomic E-state index is 12.9. The Labute approximate surface area is 317 Å². The van der Waals surface area contributed by atoms with Gasteiger partial charge >= 0.3 is 5.97 Å². The molecule has 21 atom stereocenters. The second-order valence-electron chi connectivity index (χ2n) is 14.0. The van der Waals surface area contributed by atoms with Crippen LogP contribution in [0.25, 0.3) is 0 Å². The van der Waals surface area contributed by atoms with Crippen LogP contribution in [0, 0.1) is 0 Å². The number of amides is 2. The number of nitrogens with one attached hydrogen (secondary N) is 2. The van der Waals surface area contributed by atoms with Gasteiger partial charge in [-0.1, -0.05) is 0 Å². The number of aliphatic hydroxyl groups is 12. The van der Waals surface area contributed by atoms with Gasteiger partial charge in [-0.15, -0.1) is 0 Å². The number of carboxylic acids is 1. The lowest BCUT2D eigenvalue weighted by Crippen LogP contribution is -2.71. The summed E-state index contributed by atoms with van der Waals surface area (Å²) in [6.45, 7) is 0.296. The Balaban J connectivity index is 1.72. The van der Waals surface area contributed by atoms with Crippen molar-refractivity contribution in [2.75, 3.05) is 19.8 Å². The Morgan fingerprint density at radius 3 is 1.86 bits per heavy atom. The lowest BCUT2D eigenvalue weighted by molar-refractivity contribution is -0.389. The molecule has 0 aromatic rings. The van der Waals surface area contributed by atoms with E-state index in [-0.39, 0.29) is 0 Å². The number of hydrogen-bond acceptors (Lipinski definition) is 22. The van der Waals surface area contributed by atoms with Gasteiger partial charge in [0.05, 0.1) is 38.1 Å². The van der Waals surface area contributed by atoms with Crippen molar-refractivity contribution in [3.8, 4) is 0 Å². The molecule has 0 unspecified atom stereocenters. The molecule has 25 nitrogen and oxygen atoms in total. The van der Waals surface area contributed by atoms with Gasteiger partial charge in [0.15, 0.2) is 18.9 Å². The fourth-order valence-electron chi connectivity index (χ4n) is 6.99. The molecule has 0 saturated carbocycles. The summed E-state index contributed by atoms with van der Waals surface area (Å²) in [5.41, 5.74) is 0. The predicted molar refractivity (Wildman–Crippen MR) is 173 cm³/mol. The number of aliphatic carboxylic acids is 1. The molecule has 4 aliphatic heterocycles. The summed E-state index contributed by atoms with van der Waals surface area (Å²) in [6, 6.07) is -3.27. The molecule has 2 amide bonds. The minimum atomic E-state index is -3.12. The van der Waals surface area contributed by atoms with E-state index in [2.05, 4.69) is 10.6 Å². The molecule has 4 heterocycles. The summed E-state index contributed by atoms with van der Waals surface area (Å²) in [7, 11) is 0. The maximum atomic E-state index is 12.9. The van der Waals surface area contributed by atoms with Gasteiger partial charge in [0.25, 0.3) is 5.79 Å². The van der Waals surface area contributed by atoms with Crippen molar-refractivity contribution in [2.45, 2.75) is 155 Å². The second-order valence-corrected chi connectivity index (χ2v) is 14.0. The lowest BCUT2D eigenvalue weighted by Gasteiger charge is -2.51. The Kier molecular flexibility index (Phi) is 15.8. The Hall–Kier alpha value is -2.35. The average molecular weight is 821 g/mol. The van der Waals surface area contributed by atoms with Gasteiger partial charge in [-0.3, -0.25) is 9.59 Å². The van der Waals surface area contributed by atoms with Crippen LogP contribution in [0.4, 0.5) is 0 Å². The Morgan fingerprint density at radius 2 is 1.30 bits per heavy atom. The molecule has 0 radical (unpaired) electrons. The van der Waals surface area contributed by atoms with Crippen molar-refractivity contribution in [3.63, 3.8) is 0 Å². The zero-order chi connectivity index (χ0) is 42.0. The predicted octanol–water partition coefficient (Wildman–Crippen LogP) is -9.23. The first-order valence-electron chi connectivity index (χ1n) is 17.6. The van der Waals surface area contributed by atoms with Crippen molar-refractivity contribution in [1.29, 1.82) is 0 Å². The molecule has 4 rings (SSSR count). The quantitative estimate of drug-likeness (QED) is 0.0773. The van der Waals surface area contributed by atoms with Crippen LogP contribution in [0.15, 0.2) is 0 Å². The first-order valence-corrected chi connectivity index (χ1v) is 17.6. The van der Waals surface area contributed by atoms with Gasteiger partial charge in [-0.2, -0.15) is 0 Å². The maximum Gasteiger partial charge on any atom is 0.364 e. The Morgan fingerprint density at radius 1 is 0.732 bits per heavy atom. The van der Waals surface area contributed by atoms with Gasteiger partial charge in [-0.25, -0.2) is 4.79 Å². The van der Waals surface area contributed by atoms with Crippen molar-refractivity contribution in [2.24, 2.45) is 0 Å². The van der Waals surface area contributed by atoms with Crippen molar-refractivity contribution in [3.05, 3.63) is 0 Å². The third-order valence-corrected chi connectivity index (χ3v) is 9.94. The van der Waals surface area contributed by atoms with Crippen molar-refractivity contribution < 1.29 is 114 Å². The molecule has 0 spiro atoms. The Bertz CT molecular complexity index is 1330. The zero-order valence-electron chi connectivity index (χ0n) is 30.3. The highest BCUT2D eigenvalue weighted by Gasteiger charge is 2.60. The van der Waals surface area contributed by atoms with E-state index >= 15 is 0 Å². The highest BCUT2D eigenvalue weighted by molar-refractivity contribution is 5.76. The molecule has 15 N–H and O–H groups in total. The van der Waals surface area contributed by atoms with Crippen LogP contribution >= 0.6 is 0 Å². The van der Waals surface area contributed by atoms with E-state index in [9.17, 15) is 80.8 Å². The number of hydrogen-bond donors (Lipinski definition) is 15. The van der Waals surface area contributed by atoms with Gasteiger partial charge < -0.3 is 110 Å². The van der Waals surface area contributed by atoms with Crippen molar-refractivity contribution >= 4 is 17.8 Å². The molecule has 56 heavy (non-hydrogen) atoms. The van der Waals surface area contributed by atoms with E-state index in [1.54, 1.807) is 0 Å². The van der Waals surface area contributed by atoms with Gasteiger partial charge in [0.2, 0.25) is 11.8 Å². The third-order valence-electron chi connectivity index (χ3n) is 9.94. The number of ether oxygens (including phenoxy) is 7. The molecular formula is C31H52N2O23. The summed E-state index contributed by atoms with van der Waals surface area (Å²) in [5.74, 6) is -6.72. The molecule has 4 saturated heterocycles. The largest absolute Gasteiger partial charge is 0.477 e. The van der Waals surface area contributed by atoms with Crippen molar-refractivity contribution in [1.82, 2.24) is 10.6 Å². The molecular weight excluding hydrogens is 768 g/mol. The van der Waals surface area contributed by atoms with Crippen LogP contribution < -0.4 is 10.6 Å². The van der Waals surface area contributed by atoms with E-state index in [0.29, 0.717) is 0 Å². The van der Waals surface area contributed by atoms with Gasteiger partial charge in [0, 0.05) is 20.3 Å². The normalized spacial score (nSPS) is 45.7. The number of carbonyl (C=O) groups excluding carboxylic acids is 2. The number of carboxylic acid groups (broad SMARTS) is 1. The van der Waals surface area contributed by atoms with E-state index in [1.165, 1.54) is 6.92 Å². The molecule has 0 bridgehead atoms. The topological polar surface area (TPSA) is 403 Å². The molecule has 4 fully saturated rings. The highest BCUT2D eigenvalue weighted by atomic mass is 16.8. The van der Waals surface area contributed by atoms with E-state index in [4.69, 9.17) is 33.2 Å². The summed E-state index contributed by atoms with van der Waals surface area (Å²) in [5, 5.41) is 142. The van der Waals surface area contributed by atoms with Gasteiger partial charge in [0.1, 0.15) is 85.4 Å². The fraction of sp³-hybridized carbons (Fsp3) is 0.903. The number of aliphatic hydroxyl groups excluding tert-OH is 12. The summed E-state index contributed by atoms with van der Waals surface area (Å²) in [4.78, 5) is 37.0. The lowest BCUT2D eigenvalue weighted by atomic mass is 9.88. The van der Waals surface area contributed by atoms with E-state index in [1.807, 2.05) is 0 Å². The second kappa shape index (κ2) is 19.1. The SMILES string of the molecule is CC(=O)N[C@@H]1[C@@H](O[C@@H]2O[C@H](CO)[C@H](O)[C@H](O[C@]3(C(=O)O)C[C@H](O)[C@@H](NC(C)=O)[C@H]([C@H](O)[C@H](O)CO)O3)[C@H]2O)[C@H](O[C@@H]2O[C@@H](C)[C@@H](O)[C@@H](O)[C@@H]2O)[C@@H](CO)O[C@@H]1O. The molecule has 0 aromatic heterocycles. The standard InChI is InChI=1S/C31H52N2O23/c1-8-17(41)20(44)21(45)28(50-8)53-23-14(7-36)51-27(47)16(33-10(3)38)25(23)54-29-22(46)26(19(43)13(6-35)52-29)56-31(30(48)49)4-11(39)15(32-9(2)37)24(55-31)18(42)12(40)5-34/h8,11-29,34-36,39-47H,4-7H2,1-3H3,(H,32,37)(H,33,38)(H,48,49)/t8-,11-,12+,13+,14+,15+,16+,17+,18+,19-,20+,21-,22+,23+,24+,25+,26-,27-,28-,29-,31-/m0/s1. The van der Waals surface area contributed by atoms with Crippen LogP contribution in [-0.4, -0.2) is 232 Å². The van der Waals surface area contributed by atoms with E-state index in [0.717, 1.165) is 13.8 Å². The fourth-order valence-corrected chi connectivity index (χ4v) is 6.99. The molecule has 25 heteroatoms. The highest BCUT2D eigenvalue weighted by Crippen LogP contribution is 2.39. The van der Waals surface area contributed by atoms with Crippen LogP contribution in [-0.2, 0) is 47.5 Å². The monoisotopic (exact) mass is 820 g/mol.